The topological polar surface area (TPSA) is 57.7 Å². The number of hydrogen-bond donors (Lipinski definition) is 0. The fraction of sp³-hybridized carbons (Fsp3) is 0.238. The minimum absolute atomic E-state index is 0.305. The fourth-order valence-electron chi connectivity index (χ4n) is 2.92. The van der Waals surface area contributed by atoms with E-state index in [1.54, 1.807) is 33.4 Å². The first kappa shape index (κ1) is 17.7. The second kappa shape index (κ2) is 7.87. The first-order chi connectivity index (χ1) is 12.7. The average Bonchev–Trinajstić information content (AvgIpc) is 2.68. The number of ether oxygens (including phenoxy) is 3. The summed E-state index contributed by atoms with van der Waals surface area (Å²) in [5.74, 6) is 0.753. The summed E-state index contributed by atoms with van der Waals surface area (Å²) in [5.41, 5.74) is 2.42. The highest BCUT2D eigenvalue weighted by Gasteiger charge is 2.18. The van der Waals surface area contributed by atoms with Gasteiger partial charge in [0.25, 0.3) is 0 Å². The third kappa shape index (κ3) is 3.47. The number of esters is 1. The van der Waals surface area contributed by atoms with Crippen LogP contribution < -0.4 is 9.47 Å². The van der Waals surface area contributed by atoms with Gasteiger partial charge in [0.05, 0.1) is 32.1 Å². The molecule has 0 spiro atoms. The summed E-state index contributed by atoms with van der Waals surface area (Å²) in [5, 5.41) is 1.58. The number of rotatable bonds is 6. The summed E-state index contributed by atoms with van der Waals surface area (Å²) < 4.78 is 16.0. The third-order valence-corrected chi connectivity index (χ3v) is 4.18. The van der Waals surface area contributed by atoms with Crippen molar-refractivity contribution in [2.24, 2.45) is 0 Å². The van der Waals surface area contributed by atoms with Gasteiger partial charge < -0.3 is 14.2 Å². The summed E-state index contributed by atoms with van der Waals surface area (Å²) in [6.45, 7) is 2.08. The van der Waals surface area contributed by atoms with E-state index in [0.717, 1.165) is 22.0 Å². The molecule has 3 aromatic rings. The molecule has 0 aliphatic carbocycles. The molecule has 1 aromatic heterocycles. The molecule has 1 heterocycles. The lowest BCUT2D eigenvalue weighted by atomic mass is 10.00. The Bertz CT molecular complexity index is 922. The molecular formula is C21H21NO4. The Labute approximate surface area is 152 Å². The van der Waals surface area contributed by atoms with Crippen LogP contribution in [-0.4, -0.2) is 31.8 Å². The Morgan fingerprint density at radius 2 is 1.65 bits per heavy atom. The van der Waals surface area contributed by atoms with Gasteiger partial charge in [-0.15, -0.1) is 0 Å². The second-order valence-electron chi connectivity index (χ2n) is 5.75. The highest BCUT2D eigenvalue weighted by molar-refractivity contribution is 6.05. The van der Waals surface area contributed by atoms with Crippen LogP contribution in [0.5, 0.6) is 11.5 Å². The van der Waals surface area contributed by atoms with E-state index in [2.05, 4.69) is 4.98 Å². The number of carbonyl (C=O) groups is 1. The van der Waals surface area contributed by atoms with Gasteiger partial charge >= 0.3 is 5.97 Å². The molecule has 0 aliphatic heterocycles. The molecule has 0 amide bonds. The summed E-state index contributed by atoms with van der Waals surface area (Å²) in [7, 11) is 3.16. The summed E-state index contributed by atoms with van der Waals surface area (Å²) in [6, 6.07) is 13.7. The average molecular weight is 351 g/mol. The van der Waals surface area contributed by atoms with Crippen LogP contribution in [0.15, 0.2) is 48.7 Å². The van der Waals surface area contributed by atoms with Crippen molar-refractivity contribution in [1.82, 2.24) is 4.98 Å². The van der Waals surface area contributed by atoms with Crippen LogP contribution in [0.2, 0.25) is 0 Å². The number of benzene rings is 2. The van der Waals surface area contributed by atoms with Gasteiger partial charge in [0.15, 0.2) is 11.5 Å². The number of fused-ring (bicyclic) bond motifs is 1. The Balaban J connectivity index is 2.20. The second-order valence-corrected chi connectivity index (χ2v) is 5.75. The number of pyridine rings is 1. The lowest BCUT2D eigenvalue weighted by Crippen LogP contribution is -2.08. The summed E-state index contributed by atoms with van der Waals surface area (Å²) in [6.07, 6.45) is 2.22. The Morgan fingerprint density at radius 3 is 2.27 bits per heavy atom. The van der Waals surface area contributed by atoms with E-state index >= 15 is 0 Å². The number of methoxy groups -OCH3 is 2. The third-order valence-electron chi connectivity index (χ3n) is 4.18. The number of aromatic nitrogens is 1. The molecule has 0 bridgehead atoms. The normalized spacial score (nSPS) is 10.6. The van der Waals surface area contributed by atoms with E-state index in [4.69, 9.17) is 14.2 Å². The minimum Gasteiger partial charge on any atom is -0.493 e. The van der Waals surface area contributed by atoms with Crippen LogP contribution >= 0.6 is 0 Å². The molecule has 0 atom stereocenters. The minimum atomic E-state index is -0.400. The Morgan fingerprint density at radius 1 is 1.00 bits per heavy atom. The van der Waals surface area contributed by atoms with Crippen LogP contribution in [-0.2, 0) is 11.2 Å². The maximum atomic E-state index is 12.3. The SMILES string of the molecule is CCOC(=O)c1cnc(Cc2ccccc2)c2cc(OC)c(OC)cc12. The van der Waals surface area contributed by atoms with Gasteiger partial charge in [-0.3, -0.25) is 4.98 Å². The molecule has 2 aromatic carbocycles. The highest BCUT2D eigenvalue weighted by atomic mass is 16.5. The van der Waals surface area contributed by atoms with Gasteiger partial charge in [0.2, 0.25) is 0 Å². The lowest BCUT2D eigenvalue weighted by Gasteiger charge is -2.14. The lowest BCUT2D eigenvalue weighted by molar-refractivity contribution is 0.0528. The van der Waals surface area contributed by atoms with E-state index in [9.17, 15) is 4.79 Å². The van der Waals surface area contributed by atoms with Crippen molar-refractivity contribution in [3.05, 3.63) is 65.5 Å². The van der Waals surface area contributed by atoms with Crippen molar-refractivity contribution in [3.8, 4) is 11.5 Å². The smallest absolute Gasteiger partial charge is 0.340 e. The highest BCUT2D eigenvalue weighted by Crippen LogP contribution is 2.35. The van der Waals surface area contributed by atoms with Gasteiger partial charge in [-0.2, -0.15) is 0 Å². The molecule has 3 rings (SSSR count). The zero-order valence-electron chi connectivity index (χ0n) is 15.1. The Kier molecular flexibility index (Phi) is 5.37. The molecule has 0 fully saturated rings. The molecule has 0 N–H and O–H groups in total. The van der Waals surface area contributed by atoms with Crippen molar-refractivity contribution in [2.75, 3.05) is 20.8 Å². The van der Waals surface area contributed by atoms with E-state index in [1.807, 2.05) is 36.4 Å². The first-order valence-electron chi connectivity index (χ1n) is 8.42. The van der Waals surface area contributed by atoms with Gasteiger partial charge in [-0.05, 0) is 24.6 Å². The molecule has 0 saturated carbocycles. The Hall–Kier alpha value is -3.08. The zero-order chi connectivity index (χ0) is 18.5. The largest absolute Gasteiger partial charge is 0.493 e. The number of carbonyl (C=O) groups excluding carboxylic acids is 1. The molecular weight excluding hydrogens is 330 g/mol. The number of nitrogens with zero attached hydrogens (tertiary/aromatic N) is 1. The predicted octanol–water partition coefficient (Wildman–Crippen LogP) is 4.02. The van der Waals surface area contributed by atoms with E-state index in [-0.39, 0.29) is 0 Å². The van der Waals surface area contributed by atoms with Crippen LogP contribution in [0.25, 0.3) is 10.8 Å². The maximum absolute atomic E-state index is 12.3. The van der Waals surface area contributed by atoms with Crippen molar-refractivity contribution in [3.63, 3.8) is 0 Å². The molecule has 0 aliphatic rings. The maximum Gasteiger partial charge on any atom is 0.340 e. The quantitative estimate of drug-likeness (QED) is 0.628. The van der Waals surface area contributed by atoms with E-state index in [0.29, 0.717) is 30.1 Å². The van der Waals surface area contributed by atoms with Crippen LogP contribution in [0.3, 0.4) is 0 Å². The molecule has 0 radical (unpaired) electrons. The molecule has 26 heavy (non-hydrogen) atoms. The van der Waals surface area contributed by atoms with Crippen LogP contribution in [0, 0.1) is 0 Å². The number of hydrogen-bond acceptors (Lipinski definition) is 5. The van der Waals surface area contributed by atoms with Crippen molar-refractivity contribution in [1.29, 1.82) is 0 Å². The van der Waals surface area contributed by atoms with Gasteiger partial charge in [-0.1, -0.05) is 30.3 Å². The fourth-order valence-corrected chi connectivity index (χ4v) is 2.92. The van der Waals surface area contributed by atoms with Crippen LogP contribution in [0.1, 0.15) is 28.5 Å². The summed E-state index contributed by atoms with van der Waals surface area (Å²) in [4.78, 5) is 16.9. The van der Waals surface area contributed by atoms with Crippen molar-refractivity contribution < 1.29 is 19.0 Å². The summed E-state index contributed by atoms with van der Waals surface area (Å²) >= 11 is 0. The standard InChI is InChI=1S/C21H21NO4/c1-4-26-21(23)17-13-22-18(10-14-8-6-5-7-9-14)16-12-20(25-3)19(24-2)11-15(16)17/h5-9,11-13H,4,10H2,1-3H3. The van der Waals surface area contributed by atoms with Crippen molar-refractivity contribution >= 4 is 16.7 Å². The predicted molar refractivity (Wildman–Crippen MR) is 100 cm³/mol. The zero-order valence-corrected chi connectivity index (χ0v) is 15.1. The molecule has 5 heteroatoms. The van der Waals surface area contributed by atoms with Gasteiger partial charge in [0.1, 0.15) is 0 Å². The molecule has 5 nitrogen and oxygen atoms in total. The first-order valence-corrected chi connectivity index (χ1v) is 8.42. The molecule has 0 unspecified atom stereocenters. The van der Waals surface area contributed by atoms with Crippen molar-refractivity contribution in [2.45, 2.75) is 13.3 Å². The van der Waals surface area contributed by atoms with E-state index in [1.165, 1.54) is 0 Å². The van der Waals surface area contributed by atoms with Gasteiger partial charge in [0, 0.05) is 23.4 Å². The molecule has 0 saturated heterocycles. The monoisotopic (exact) mass is 351 g/mol. The van der Waals surface area contributed by atoms with E-state index < -0.39 is 5.97 Å². The van der Waals surface area contributed by atoms with Gasteiger partial charge in [-0.25, -0.2) is 4.79 Å². The van der Waals surface area contributed by atoms with Crippen LogP contribution in [0.4, 0.5) is 0 Å². The molecule has 134 valence electrons.